The summed E-state index contributed by atoms with van der Waals surface area (Å²) < 4.78 is 0. The number of carbonyl (C=O) groups is 1. The predicted molar refractivity (Wildman–Crippen MR) is 66.1 cm³/mol. The zero-order valence-electron chi connectivity index (χ0n) is 10.9. The van der Waals surface area contributed by atoms with Crippen LogP contribution in [0.15, 0.2) is 0 Å². The number of carbonyl (C=O) groups excluding carboxylic acids is 1. The Hall–Kier alpha value is -0.610. The van der Waals surface area contributed by atoms with Gasteiger partial charge in [0.25, 0.3) is 0 Å². The second-order valence-corrected chi connectivity index (χ2v) is 5.31. The summed E-state index contributed by atoms with van der Waals surface area (Å²) in [6.45, 7) is 5.68. The molecule has 2 N–H and O–H groups in total. The Morgan fingerprint density at radius 3 is 2.56 bits per heavy atom. The largest absolute Gasteiger partial charge is 0.340 e. The van der Waals surface area contributed by atoms with Crippen molar-refractivity contribution in [3.63, 3.8) is 0 Å². The number of likely N-dealkylation sites (tertiary alicyclic amines) is 1. The normalized spacial score (nSPS) is 23.9. The lowest BCUT2D eigenvalue weighted by Crippen LogP contribution is -2.53. The van der Waals surface area contributed by atoms with Crippen LogP contribution in [0.25, 0.3) is 0 Å². The van der Waals surface area contributed by atoms with Crippen LogP contribution in [0.1, 0.15) is 26.7 Å². The molecule has 4 nitrogen and oxygen atoms in total. The van der Waals surface area contributed by atoms with E-state index in [0.717, 1.165) is 19.5 Å². The molecule has 0 aliphatic carbocycles. The molecule has 0 aromatic rings. The van der Waals surface area contributed by atoms with Crippen LogP contribution in [-0.4, -0.2) is 55.0 Å². The van der Waals surface area contributed by atoms with Gasteiger partial charge in [-0.1, -0.05) is 13.8 Å². The number of nitrogens with zero attached hydrogens (tertiary/aromatic N) is 2. The summed E-state index contributed by atoms with van der Waals surface area (Å²) >= 11 is 0. The lowest BCUT2D eigenvalue weighted by atomic mass is 10.00. The zero-order valence-corrected chi connectivity index (χ0v) is 10.9. The Labute approximate surface area is 98.8 Å². The lowest BCUT2D eigenvalue weighted by molar-refractivity contribution is -0.135. The molecular weight excluding hydrogens is 202 g/mol. The Morgan fingerprint density at radius 2 is 2.06 bits per heavy atom. The third-order valence-corrected chi connectivity index (χ3v) is 3.44. The fourth-order valence-corrected chi connectivity index (χ4v) is 2.07. The van der Waals surface area contributed by atoms with Gasteiger partial charge in [-0.3, -0.25) is 4.79 Å². The maximum absolute atomic E-state index is 12.1. The van der Waals surface area contributed by atoms with Gasteiger partial charge in [-0.05, 0) is 32.9 Å². The first-order valence-electron chi connectivity index (χ1n) is 6.14. The summed E-state index contributed by atoms with van der Waals surface area (Å²) in [4.78, 5) is 16.2. The monoisotopic (exact) mass is 227 g/mol. The molecule has 16 heavy (non-hydrogen) atoms. The molecule has 1 rings (SSSR count). The van der Waals surface area contributed by atoms with E-state index >= 15 is 0 Å². The van der Waals surface area contributed by atoms with Crippen LogP contribution in [0, 0.1) is 5.92 Å². The van der Waals surface area contributed by atoms with Crippen LogP contribution in [-0.2, 0) is 4.79 Å². The average Bonchev–Trinajstić information content (AvgIpc) is 2.27. The van der Waals surface area contributed by atoms with Crippen molar-refractivity contribution in [2.24, 2.45) is 11.7 Å². The van der Waals surface area contributed by atoms with E-state index in [1.54, 1.807) is 0 Å². The summed E-state index contributed by atoms with van der Waals surface area (Å²) in [5.41, 5.74) is 5.91. The highest BCUT2D eigenvalue weighted by molar-refractivity contribution is 5.82. The fraction of sp³-hybridized carbons (Fsp3) is 0.917. The van der Waals surface area contributed by atoms with E-state index in [1.807, 2.05) is 18.7 Å². The molecule has 1 aliphatic rings. The highest BCUT2D eigenvalue weighted by Gasteiger charge is 2.28. The molecular formula is C12H25N3O. The number of amides is 1. The minimum absolute atomic E-state index is 0.113. The topological polar surface area (TPSA) is 49.6 Å². The van der Waals surface area contributed by atoms with Gasteiger partial charge in [0.1, 0.15) is 0 Å². The molecule has 4 heteroatoms. The maximum atomic E-state index is 12.1. The number of nitrogens with two attached hydrogens (primary N) is 1. The molecule has 1 heterocycles. The van der Waals surface area contributed by atoms with E-state index in [4.69, 9.17) is 5.73 Å². The van der Waals surface area contributed by atoms with E-state index < -0.39 is 0 Å². The van der Waals surface area contributed by atoms with Crippen LogP contribution in [0.4, 0.5) is 0 Å². The third-order valence-electron chi connectivity index (χ3n) is 3.44. The second-order valence-electron chi connectivity index (χ2n) is 5.31. The predicted octanol–water partition coefficient (Wildman–Crippen LogP) is 0.522. The third kappa shape index (κ3) is 3.19. The van der Waals surface area contributed by atoms with Gasteiger partial charge in [-0.2, -0.15) is 0 Å². The van der Waals surface area contributed by atoms with Gasteiger partial charge in [-0.25, -0.2) is 0 Å². The Kier molecular flexibility index (Phi) is 4.74. The molecule has 0 spiro atoms. The van der Waals surface area contributed by atoms with Crippen molar-refractivity contribution >= 4 is 5.91 Å². The molecule has 2 atom stereocenters. The summed E-state index contributed by atoms with van der Waals surface area (Å²) in [5.74, 6) is 0.328. The molecule has 1 aliphatic heterocycles. The number of rotatable bonds is 3. The van der Waals surface area contributed by atoms with E-state index in [9.17, 15) is 4.79 Å². The van der Waals surface area contributed by atoms with E-state index in [0.29, 0.717) is 6.04 Å². The van der Waals surface area contributed by atoms with E-state index in [2.05, 4.69) is 19.0 Å². The molecule has 0 radical (unpaired) electrons. The molecule has 0 saturated carbocycles. The van der Waals surface area contributed by atoms with Crippen molar-refractivity contribution in [1.29, 1.82) is 0 Å². The first kappa shape index (κ1) is 13.5. The Morgan fingerprint density at radius 1 is 1.44 bits per heavy atom. The molecule has 94 valence electrons. The number of hydrogen-bond donors (Lipinski definition) is 1. The Balaban J connectivity index is 2.56. The minimum Gasteiger partial charge on any atom is -0.340 e. The fourth-order valence-electron chi connectivity index (χ4n) is 2.07. The van der Waals surface area contributed by atoms with Crippen LogP contribution in [0.5, 0.6) is 0 Å². The Bertz CT molecular complexity index is 240. The maximum Gasteiger partial charge on any atom is 0.239 e. The first-order valence-corrected chi connectivity index (χ1v) is 6.14. The second kappa shape index (κ2) is 5.64. The summed E-state index contributed by atoms with van der Waals surface area (Å²) in [5, 5.41) is 0. The standard InChI is InChI=1S/C12H25N3O/c1-9(2)11(13)12(16)15-7-5-6-10(8-15)14(3)4/h9-11H,5-8,13H2,1-4H3/t10-,11?/m0/s1. The SMILES string of the molecule is CC(C)C(N)C(=O)N1CCC[C@H](N(C)C)C1. The van der Waals surface area contributed by atoms with Gasteiger partial charge in [0.2, 0.25) is 5.91 Å². The number of likely N-dealkylation sites (N-methyl/N-ethyl adjacent to an activating group) is 1. The summed E-state index contributed by atoms with van der Waals surface area (Å²) in [6.07, 6.45) is 2.26. The van der Waals surface area contributed by atoms with Crippen molar-refractivity contribution in [3.05, 3.63) is 0 Å². The number of piperidine rings is 1. The molecule has 1 amide bonds. The lowest BCUT2D eigenvalue weighted by Gasteiger charge is -2.37. The van der Waals surface area contributed by atoms with E-state index in [-0.39, 0.29) is 17.9 Å². The first-order chi connectivity index (χ1) is 7.43. The van der Waals surface area contributed by atoms with Gasteiger partial charge in [0.15, 0.2) is 0 Å². The van der Waals surface area contributed by atoms with Gasteiger partial charge >= 0.3 is 0 Å². The van der Waals surface area contributed by atoms with Gasteiger partial charge in [0, 0.05) is 19.1 Å². The van der Waals surface area contributed by atoms with Gasteiger partial charge < -0.3 is 15.5 Å². The smallest absolute Gasteiger partial charge is 0.239 e. The van der Waals surface area contributed by atoms with E-state index in [1.165, 1.54) is 6.42 Å². The van der Waals surface area contributed by atoms with Gasteiger partial charge in [0.05, 0.1) is 6.04 Å². The average molecular weight is 227 g/mol. The summed E-state index contributed by atoms with van der Waals surface area (Å²) in [6, 6.07) is 0.137. The highest BCUT2D eigenvalue weighted by atomic mass is 16.2. The van der Waals surface area contributed by atoms with Crippen LogP contribution >= 0.6 is 0 Å². The molecule has 0 aromatic heterocycles. The molecule has 1 saturated heterocycles. The quantitative estimate of drug-likeness (QED) is 0.765. The van der Waals surface area contributed by atoms with Crippen molar-refractivity contribution in [1.82, 2.24) is 9.80 Å². The number of hydrogen-bond acceptors (Lipinski definition) is 3. The van der Waals surface area contributed by atoms with Gasteiger partial charge in [-0.15, -0.1) is 0 Å². The van der Waals surface area contributed by atoms with Crippen molar-refractivity contribution in [2.75, 3.05) is 27.2 Å². The molecule has 0 bridgehead atoms. The van der Waals surface area contributed by atoms with Crippen molar-refractivity contribution in [3.8, 4) is 0 Å². The highest BCUT2D eigenvalue weighted by Crippen LogP contribution is 2.15. The van der Waals surface area contributed by atoms with Crippen molar-refractivity contribution < 1.29 is 4.79 Å². The van der Waals surface area contributed by atoms with Crippen molar-refractivity contribution in [2.45, 2.75) is 38.8 Å². The van der Waals surface area contributed by atoms with Crippen LogP contribution in [0.3, 0.4) is 0 Å². The van der Waals surface area contributed by atoms with Crippen LogP contribution < -0.4 is 5.73 Å². The summed E-state index contributed by atoms with van der Waals surface area (Å²) in [7, 11) is 4.14. The molecule has 1 unspecified atom stereocenters. The molecule has 1 fully saturated rings. The minimum atomic E-state index is -0.346. The molecule has 0 aromatic carbocycles. The zero-order chi connectivity index (χ0) is 12.3. The van der Waals surface area contributed by atoms with Crippen LogP contribution in [0.2, 0.25) is 0 Å².